The first-order valence-electron chi connectivity index (χ1n) is 5.72. The number of carbonyl (C=O) groups is 1. The van der Waals surface area contributed by atoms with Crippen molar-refractivity contribution in [2.75, 3.05) is 0 Å². The van der Waals surface area contributed by atoms with Crippen LogP contribution in [0.2, 0.25) is 0 Å². The van der Waals surface area contributed by atoms with Crippen LogP contribution in [0.3, 0.4) is 0 Å². The summed E-state index contributed by atoms with van der Waals surface area (Å²) in [6, 6.07) is -0.0743. The molecule has 0 saturated heterocycles. The molecule has 2 unspecified atom stereocenters. The first-order valence-corrected chi connectivity index (χ1v) is 6.95. The largest absolute Gasteiger partial charge is 0.391 e. The number of H-pyrrole nitrogens is 1. The summed E-state index contributed by atoms with van der Waals surface area (Å²) in [4.78, 5) is 15.8. The van der Waals surface area contributed by atoms with E-state index in [-0.39, 0.29) is 18.1 Å². The molecule has 0 radical (unpaired) electrons. The molecule has 6 heteroatoms. The Morgan fingerprint density at radius 2 is 2.41 bits per heavy atom. The lowest BCUT2D eigenvalue weighted by atomic mass is 10.2. The van der Waals surface area contributed by atoms with Crippen molar-refractivity contribution in [2.45, 2.75) is 44.8 Å². The summed E-state index contributed by atoms with van der Waals surface area (Å²) >= 11 is 6.46. The Kier molecular flexibility index (Phi) is 3.96. The van der Waals surface area contributed by atoms with Crippen LogP contribution in [0, 0.1) is 10.9 Å². The third-order valence-electron chi connectivity index (χ3n) is 3.07. The number of hydrogen-bond donors (Lipinski definition) is 3. The van der Waals surface area contributed by atoms with Crippen molar-refractivity contribution in [3.8, 4) is 0 Å². The van der Waals surface area contributed by atoms with Crippen LogP contribution in [0.4, 0.5) is 0 Å². The number of aliphatic hydroxyl groups is 1. The minimum atomic E-state index is -0.385. The molecule has 94 valence electrons. The van der Waals surface area contributed by atoms with Crippen LogP contribution in [-0.2, 0) is 11.2 Å². The predicted molar refractivity (Wildman–Crippen MR) is 69.7 cm³/mol. The Morgan fingerprint density at radius 1 is 1.65 bits per heavy atom. The molecule has 0 aromatic carbocycles. The summed E-state index contributed by atoms with van der Waals surface area (Å²) < 4.78 is 0.700. The molecule has 1 saturated carbocycles. The third kappa shape index (κ3) is 3.14. The SMILES string of the molecule is Cc1[nH]c(=S)sc1CC(=O)NC1CCCC1O. The van der Waals surface area contributed by atoms with Crippen molar-refractivity contribution in [2.24, 2.45) is 0 Å². The summed E-state index contributed by atoms with van der Waals surface area (Å²) in [7, 11) is 0. The van der Waals surface area contributed by atoms with Crippen molar-refractivity contribution in [3.05, 3.63) is 14.5 Å². The molecule has 2 atom stereocenters. The molecule has 0 spiro atoms. The number of amides is 1. The van der Waals surface area contributed by atoms with E-state index in [9.17, 15) is 9.90 Å². The highest BCUT2D eigenvalue weighted by Crippen LogP contribution is 2.19. The van der Waals surface area contributed by atoms with Gasteiger partial charge in [-0.2, -0.15) is 0 Å². The summed E-state index contributed by atoms with van der Waals surface area (Å²) in [6.07, 6.45) is 2.59. The molecular weight excluding hydrogens is 256 g/mol. The highest BCUT2D eigenvalue weighted by Gasteiger charge is 2.26. The van der Waals surface area contributed by atoms with Crippen LogP contribution in [0.5, 0.6) is 0 Å². The zero-order valence-corrected chi connectivity index (χ0v) is 11.3. The monoisotopic (exact) mass is 272 g/mol. The molecule has 1 aromatic rings. The lowest BCUT2D eigenvalue weighted by Crippen LogP contribution is -2.40. The van der Waals surface area contributed by atoms with E-state index in [1.54, 1.807) is 0 Å². The van der Waals surface area contributed by atoms with Gasteiger partial charge in [-0.05, 0) is 38.4 Å². The number of aromatic amines is 1. The Labute approximate surface area is 109 Å². The molecule has 1 amide bonds. The number of aliphatic hydroxyl groups excluding tert-OH is 1. The quantitative estimate of drug-likeness (QED) is 0.734. The summed E-state index contributed by atoms with van der Waals surface area (Å²) in [6.45, 7) is 1.92. The Morgan fingerprint density at radius 3 is 2.94 bits per heavy atom. The topological polar surface area (TPSA) is 65.1 Å². The van der Waals surface area contributed by atoms with Crippen LogP contribution < -0.4 is 5.32 Å². The van der Waals surface area contributed by atoms with Gasteiger partial charge in [-0.3, -0.25) is 4.79 Å². The number of carbonyl (C=O) groups excluding carboxylic acids is 1. The lowest BCUT2D eigenvalue weighted by molar-refractivity contribution is -0.121. The van der Waals surface area contributed by atoms with E-state index in [0.29, 0.717) is 10.4 Å². The number of nitrogens with one attached hydrogen (secondary N) is 2. The zero-order chi connectivity index (χ0) is 12.4. The van der Waals surface area contributed by atoms with Gasteiger partial charge in [-0.15, -0.1) is 11.3 Å². The summed E-state index contributed by atoms with van der Waals surface area (Å²) in [5.41, 5.74) is 0.960. The maximum Gasteiger partial charge on any atom is 0.225 e. The molecule has 2 rings (SSSR count). The highest BCUT2D eigenvalue weighted by molar-refractivity contribution is 7.73. The number of thiazole rings is 1. The van der Waals surface area contributed by atoms with Crippen molar-refractivity contribution in [3.63, 3.8) is 0 Å². The van der Waals surface area contributed by atoms with Gasteiger partial charge in [-0.1, -0.05) is 0 Å². The summed E-state index contributed by atoms with van der Waals surface area (Å²) in [5.74, 6) is -0.0377. The number of rotatable bonds is 3. The van der Waals surface area contributed by atoms with E-state index < -0.39 is 0 Å². The first kappa shape index (κ1) is 12.7. The molecule has 1 fully saturated rings. The van der Waals surface area contributed by atoms with E-state index in [0.717, 1.165) is 29.8 Å². The van der Waals surface area contributed by atoms with Gasteiger partial charge in [0.05, 0.1) is 18.6 Å². The fourth-order valence-corrected chi connectivity index (χ4v) is 3.41. The second-order valence-electron chi connectivity index (χ2n) is 4.41. The van der Waals surface area contributed by atoms with Crippen molar-refractivity contribution in [1.82, 2.24) is 10.3 Å². The Bertz CT molecular complexity index is 466. The molecule has 1 aliphatic rings. The second kappa shape index (κ2) is 5.29. The molecule has 3 N–H and O–H groups in total. The molecule has 0 bridgehead atoms. The molecule has 1 aromatic heterocycles. The minimum Gasteiger partial charge on any atom is -0.391 e. The summed E-state index contributed by atoms with van der Waals surface area (Å²) in [5, 5.41) is 12.5. The third-order valence-corrected chi connectivity index (χ3v) is 4.41. The van der Waals surface area contributed by atoms with E-state index in [1.165, 1.54) is 11.3 Å². The smallest absolute Gasteiger partial charge is 0.225 e. The van der Waals surface area contributed by atoms with Crippen LogP contribution in [0.25, 0.3) is 0 Å². The molecular formula is C11H16N2O2S2. The maximum atomic E-state index is 11.8. The first-order chi connectivity index (χ1) is 8.06. The van der Waals surface area contributed by atoms with Crippen LogP contribution >= 0.6 is 23.6 Å². The van der Waals surface area contributed by atoms with E-state index in [1.807, 2.05) is 6.92 Å². The average molecular weight is 272 g/mol. The molecule has 0 aliphatic heterocycles. The van der Waals surface area contributed by atoms with E-state index in [2.05, 4.69) is 10.3 Å². The van der Waals surface area contributed by atoms with Gasteiger partial charge in [0.15, 0.2) is 3.95 Å². The fraction of sp³-hybridized carbons (Fsp3) is 0.636. The molecule has 17 heavy (non-hydrogen) atoms. The maximum absolute atomic E-state index is 11.8. The van der Waals surface area contributed by atoms with E-state index in [4.69, 9.17) is 12.2 Å². The standard InChI is InChI=1S/C11H16N2O2S2/c1-6-9(17-11(16)12-6)5-10(15)13-7-3-2-4-8(7)14/h7-8,14H,2-5H2,1H3,(H,12,16)(H,13,15). The number of hydrogen-bond acceptors (Lipinski definition) is 4. The molecule has 1 aliphatic carbocycles. The van der Waals surface area contributed by atoms with Gasteiger partial charge < -0.3 is 15.4 Å². The predicted octanol–water partition coefficient (Wildman–Crippen LogP) is 1.69. The number of aromatic nitrogens is 1. The van der Waals surface area contributed by atoms with Gasteiger partial charge in [0.1, 0.15) is 0 Å². The van der Waals surface area contributed by atoms with Crippen molar-refractivity contribution >= 4 is 29.5 Å². The zero-order valence-electron chi connectivity index (χ0n) is 9.66. The lowest BCUT2D eigenvalue weighted by Gasteiger charge is -2.16. The van der Waals surface area contributed by atoms with E-state index >= 15 is 0 Å². The molecule has 1 heterocycles. The van der Waals surface area contributed by atoms with Crippen LogP contribution in [0.1, 0.15) is 29.8 Å². The Hall–Kier alpha value is -0.720. The second-order valence-corrected chi connectivity index (χ2v) is 6.18. The van der Waals surface area contributed by atoms with Gasteiger partial charge in [0.25, 0.3) is 0 Å². The van der Waals surface area contributed by atoms with Gasteiger partial charge in [0, 0.05) is 10.6 Å². The van der Waals surface area contributed by atoms with Gasteiger partial charge in [-0.25, -0.2) is 0 Å². The normalized spacial score (nSPS) is 23.9. The highest BCUT2D eigenvalue weighted by atomic mass is 32.1. The van der Waals surface area contributed by atoms with Crippen molar-refractivity contribution < 1.29 is 9.90 Å². The van der Waals surface area contributed by atoms with Crippen LogP contribution in [0.15, 0.2) is 0 Å². The minimum absolute atomic E-state index is 0.0377. The van der Waals surface area contributed by atoms with Gasteiger partial charge in [0.2, 0.25) is 5.91 Å². The fourth-order valence-electron chi connectivity index (χ4n) is 2.12. The van der Waals surface area contributed by atoms with Gasteiger partial charge >= 0.3 is 0 Å². The molecule has 4 nitrogen and oxygen atoms in total. The van der Waals surface area contributed by atoms with Crippen LogP contribution in [-0.4, -0.2) is 28.1 Å². The van der Waals surface area contributed by atoms with Crippen molar-refractivity contribution in [1.29, 1.82) is 0 Å². The average Bonchev–Trinajstić information content (AvgIpc) is 2.75. The Balaban J connectivity index is 1.93. The number of aryl methyl sites for hydroxylation is 1.